The van der Waals surface area contributed by atoms with E-state index in [9.17, 15) is 4.79 Å². The molecule has 13 aliphatic rings. The zero-order valence-corrected chi connectivity index (χ0v) is 33.0. The fourth-order valence-electron chi connectivity index (χ4n) is 20.3. The van der Waals surface area contributed by atoms with Gasteiger partial charge in [-0.1, -0.05) is 78.9 Å². The van der Waals surface area contributed by atoms with Gasteiger partial charge in [0.25, 0.3) is 0 Å². The number of esters is 1. The summed E-state index contributed by atoms with van der Waals surface area (Å²) in [4.78, 5) is 13.1. The molecule has 22 rings (SSSR count). The van der Waals surface area contributed by atoms with E-state index in [4.69, 9.17) is 4.74 Å². The second-order valence-electron chi connectivity index (χ2n) is 21.6. The van der Waals surface area contributed by atoms with Gasteiger partial charge in [0.2, 0.25) is 0 Å². The lowest BCUT2D eigenvalue weighted by Crippen LogP contribution is -2.31. The number of rotatable bonds is 5. The van der Waals surface area contributed by atoms with Crippen molar-refractivity contribution in [3.05, 3.63) is 157 Å². The molecule has 0 radical (unpaired) electrons. The van der Waals surface area contributed by atoms with Crippen LogP contribution in [0.2, 0.25) is 0 Å². The third-order valence-corrected chi connectivity index (χ3v) is 20.8. The molecule has 0 aromatic heterocycles. The Bertz CT molecular complexity index is 4430. The Morgan fingerprint density at radius 2 is 1.34 bits per heavy atom. The molecule has 2 heteroatoms. The van der Waals surface area contributed by atoms with Gasteiger partial charge in [0, 0.05) is 34.5 Å². The predicted octanol–water partition coefficient (Wildman–Crippen LogP) is 12.4. The lowest BCUT2D eigenvalue weighted by Gasteiger charge is -2.36. The van der Waals surface area contributed by atoms with Crippen molar-refractivity contribution in [1.29, 1.82) is 0 Å². The second-order valence-corrected chi connectivity index (χ2v) is 21.6. The number of hydrogen-bond acceptors (Lipinski definition) is 2. The molecule has 9 aromatic carbocycles. The summed E-state index contributed by atoms with van der Waals surface area (Å²) < 4.78 is 5.37. The highest BCUT2D eigenvalue weighted by Crippen LogP contribution is 2.96. The van der Waals surface area contributed by atoms with Crippen LogP contribution in [0.1, 0.15) is 103 Å². The Morgan fingerprint density at radius 3 is 2.13 bits per heavy atom. The molecule has 0 saturated heterocycles. The van der Waals surface area contributed by atoms with Crippen LogP contribution in [0.15, 0.2) is 84.5 Å². The van der Waals surface area contributed by atoms with Crippen LogP contribution in [0.4, 0.5) is 0 Å². The maximum Gasteiger partial charge on any atom is 0.305 e. The first kappa shape index (κ1) is 27.4. The molecule has 6 atom stereocenters. The predicted molar refractivity (Wildman–Crippen MR) is 242 cm³/mol. The summed E-state index contributed by atoms with van der Waals surface area (Å²) >= 11 is 0. The first-order valence-electron chi connectivity index (χ1n) is 23.0. The summed E-state index contributed by atoms with van der Waals surface area (Å²) in [6.45, 7) is 0. The lowest BCUT2D eigenvalue weighted by molar-refractivity contribution is -0.140. The summed E-state index contributed by atoms with van der Waals surface area (Å²) in [7, 11) is 1.56. The number of methoxy groups -OCH3 is 1. The molecule has 9 aromatic rings. The average molecular weight is 769 g/mol. The van der Waals surface area contributed by atoms with Crippen LogP contribution in [-0.4, -0.2) is 13.1 Å². The maximum atomic E-state index is 13.1. The SMILES string of the molecule is COC(=O)CCCC1(c2ccccc2)C23C4=C5C=CC6c7c5c2c2c5c7c7c6cc6c8c9c%10c%11c%12c%13c%14c%15c(cc%16c%17c(c-2c(c%12c%15%17)c5c%11c87)C13C%16C=C4)CC%14=CC%13%10C=C9C6. The summed E-state index contributed by atoms with van der Waals surface area (Å²) in [5, 5.41) is 22.6. The van der Waals surface area contributed by atoms with Crippen LogP contribution in [0.25, 0.3) is 103 Å². The van der Waals surface area contributed by atoms with Crippen molar-refractivity contribution < 1.29 is 9.53 Å². The topological polar surface area (TPSA) is 26.3 Å². The Labute approximate surface area is 346 Å². The van der Waals surface area contributed by atoms with Gasteiger partial charge in [0.1, 0.15) is 0 Å². The van der Waals surface area contributed by atoms with Gasteiger partial charge in [-0.2, -0.15) is 0 Å². The standard InChI is InChI=1S/C59H28O2/c1-61-31(60)8-5-13-57(24-6-3-2-4-7-24)58-29-11-12-30-28-17-21-15-23-19-56-18-22-14-20-16-27-25-9-10-26(29)38-36(25)42-37(27)40-32(20)34(22)52(56)48-44(40)43-46(42)50(54(38)58)51-47(43)45-41(39(28)55(51)59(30,57)58)33(21)35(23)53(56)49(45)48/h2-4,6-7,9-12,16-19,25,30H,5,8,13-15H2,1H3. The minimum Gasteiger partial charge on any atom is -0.469 e. The third kappa shape index (κ3) is 1.84. The first-order chi connectivity index (χ1) is 30.1. The van der Waals surface area contributed by atoms with Crippen LogP contribution in [0, 0.1) is 0 Å². The van der Waals surface area contributed by atoms with Crippen molar-refractivity contribution in [2.45, 2.75) is 65.6 Å². The van der Waals surface area contributed by atoms with Gasteiger partial charge in [-0.3, -0.25) is 4.79 Å². The molecule has 0 heterocycles. The number of ether oxygens (including phenoxy) is 1. The van der Waals surface area contributed by atoms with Crippen molar-refractivity contribution in [3.8, 4) is 11.1 Å². The molecule has 0 bridgehead atoms. The van der Waals surface area contributed by atoms with E-state index in [1.54, 1.807) is 177 Å². The Kier molecular flexibility index (Phi) is 3.17. The van der Waals surface area contributed by atoms with E-state index in [0.717, 1.165) is 25.7 Å². The summed E-state index contributed by atoms with van der Waals surface area (Å²) in [5.41, 5.74) is 29.6. The Morgan fingerprint density at radius 1 is 0.656 bits per heavy atom. The van der Waals surface area contributed by atoms with Crippen molar-refractivity contribution in [2.24, 2.45) is 0 Å². The molecule has 0 N–H and O–H groups in total. The summed E-state index contributed by atoms with van der Waals surface area (Å²) in [5.74, 6) is 0.420. The molecule has 61 heavy (non-hydrogen) atoms. The van der Waals surface area contributed by atoms with Crippen LogP contribution >= 0.6 is 0 Å². The van der Waals surface area contributed by atoms with Gasteiger partial charge in [0.15, 0.2) is 0 Å². The van der Waals surface area contributed by atoms with Gasteiger partial charge >= 0.3 is 5.97 Å². The molecule has 0 amide bonds. The van der Waals surface area contributed by atoms with Crippen LogP contribution in [-0.2, 0) is 44.0 Å². The van der Waals surface area contributed by atoms with E-state index in [2.05, 4.69) is 78.9 Å². The number of allylic oxidation sites excluding steroid dienone is 10. The molecule has 3 spiro atoms. The van der Waals surface area contributed by atoms with E-state index >= 15 is 0 Å². The average Bonchev–Trinajstić information content (AvgIpc) is 4.09. The van der Waals surface area contributed by atoms with Crippen LogP contribution < -0.4 is 0 Å². The largest absolute Gasteiger partial charge is 0.469 e. The molecular formula is C59H28O2. The van der Waals surface area contributed by atoms with E-state index in [-0.39, 0.29) is 39.5 Å². The van der Waals surface area contributed by atoms with E-state index in [1.807, 2.05) is 0 Å². The molecular weight excluding hydrogens is 741 g/mol. The highest BCUT2D eigenvalue weighted by molar-refractivity contribution is 6.56. The Balaban J connectivity index is 1.10. The number of fused-ring (bicyclic) bond motifs is 2. The monoisotopic (exact) mass is 768 g/mol. The van der Waals surface area contributed by atoms with Gasteiger partial charge in [-0.25, -0.2) is 0 Å². The van der Waals surface area contributed by atoms with Crippen molar-refractivity contribution in [3.63, 3.8) is 0 Å². The van der Waals surface area contributed by atoms with Crippen molar-refractivity contribution in [2.75, 3.05) is 7.11 Å². The quantitative estimate of drug-likeness (QED) is 0.0990. The zero-order valence-electron chi connectivity index (χ0n) is 33.0. The molecule has 0 aliphatic heterocycles. The highest BCUT2D eigenvalue weighted by atomic mass is 16.5. The van der Waals surface area contributed by atoms with Crippen LogP contribution in [0.3, 0.4) is 0 Å². The minimum atomic E-state index is -0.238. The number of benzene rings is 9. The van der Waals surface area contributed by atoms with Gasteiger partial charge in [-0.05, 0) is 207 Å². The zero-order chi connectivity index (χ0) is 38.2. The smallest absolute Gasteiger partial charge is 0.305 e. The van der Waals surface area contributed by atoms with Gasteiger partial charge < -0.3 is 4.74 Å². The molecule has 6 unspecified atom stereocenters. The Hall–Kier alpha value is -6.51. The van der Waals surface area contributed by atoms with Gasteiger partial charge in [-0.15, -0.1) is 0 Å². The first-order valence-corrected chi connectivity index (χ1v) is 23.0. The fraction of sp³-hybridized carbons (Fsp3) is 0.203. The number of carbonyl (C=O) groups excluding carboxylic acids is 1. The van der Waals surface area contributed by atoms with E-state index in [0.29, 0.717) is 6.42 Å². The maximum absolute atomic E-state index is 13.1. The normalized spacial score (nSPS) is 31.4. The van der Waals surface area contributed by atoms with Crippen molar-refractivity contribution in [1.82, 2.24) is 0 Å². The third-order valence-electron chi connectivity index (χ3n) is 20.8. The van der Waals surface area contributed by atoms with E-state index in [1.165, 1.54) is 11.1 Å². The fourth-order valence-corrected chi connectivity index (χ4v) is 20.3. The highest BCUT2D eigenvalue weighted by Gasteiger charge is 2.95. The minimum absolute atomic E-state index is 0.0929. The molecule has 13 aliphatic carbocycles. The molecule has 276 valence electrons. The van der Waals surface area contributed by atoms with Gasteiger partial charge in [0.05, 0.1) is 12.5 Å². The summed E-state index contributed by atoms with van der Waals surface area (Å²) in [6.07, 6.45) is 20.5. The lowest BCUT2D eigenvalue weighted by atomic mass is 9.65. The molecule has 2 nitrogen and oxygen atoms in total. The molecule has 1 fully saturated rings. The van der Waals surface area contributed by atoms with Crippen LogP contribution in [0.5, 0.6) is 0 Å². The molecule has 1 saturated carbocycles. The van der Waals surface area contributed by atoms with E-state index < -0.39 is 0 Å². The summed E-state index contributed by atoms with van der Waals surface area (Å²) in [6, 6.07) is 17.2. The number of carbonyl (C=O) groups is 1. The second kappa shape index (κ2) is 7.06. The number of hydrogen-bond donors (Lipinski definition) is 0. The van der Waals surface area contributed by atoms with Crippen molar-refractivity contribution >= 4 is 98.1 Å².